The van der Waals surface area contributed by atoms with Crippen molar-refractivity contribution < 1.29 is 79.6 Å². The Morgan fingerprint density at radius 3 is 2.03 bits per heavy atom. The third-order valence-electron chi connectivity index (χ3n) is 17.3. The molecule has 2 heterocycles. The van der Waals surface area contributed by atoms with E-state index in [1.54, 1.807) is 0 Å². The Bertz CT molecular complexity index is 1620. The fourth-order valence-electron chi connectivity index (χ4n) is 13.7. The van der Waals surface area contributed by atoms with E-state index in [1.165, 1.54) is 5.57 Å². The molecule has 0 aromatic carbocycles. The maximum atomic E-state index is 14.6. The van der Waals surface area contributed by atoms with Crippen LogP contribution < -0.4 is 0 Å². The van der Waals surface area contributed by atoms with Crippen molar-refractivity contribution in [2.24, 2.45) is 50.2 Å². The second-order valence-corrected chi connectivity index (χ2v) is 20.7. The molecule has 20 atom stereocenters. The molecule has 6 fully saturated rings. The summed E-state index contributed by atoms with van der Waals surface area (Å²) in [4.78, 5) is 26.4. The molecule has 2 aliphatic heterocycles. The van der Waals surface area contributed by atoms with Gasteiger partial charge in [0.2, 0.25) is 6.29 Å². The Balaban J connectivity index is 1.19. The summed E-state index contributed by atoms with van der Waals surface area (Å²) in [6, 6.07) is 0. The van der Waals surface area contributed by atoms with Gasteiger partial charge in [0.05, 0.1) is 30.8 Å². The van der Waals surface area contributed by atoms with Crippen LogP contribution in [-0.2, 0) is 28.5 Å². The van der Waals surface area contributed by atoms with E-state index < -0.39 is 115 Å². The van der Waals surface area contributed by atoms with Crippen LogP contribution in [0.2, 0.25) is 0 Å². The normalized spacial score (nSPS) is 53.8. The van der Waals surface area contributed by atoms with Gasteiger partial charge in [0.1, 0.15) is 42.7 Å². The Hall–Kier alpha value is -1.80. The first-order valence-electron chi connectivity index (χ1n) is 21.1. The first-order chi connectivity index (χ1) is 27.0. The van der Waals surface area contributed by atoms with Crippen molar-refractivity contribution in [2.45, 2.75) is 173 Å². The number of rotatable bonds is 7. The smallest absolute Gasteiger partial charge is 0.335 e. The summed E-state index contributed by atoms with van der Waals surface area (Å²) in [5.74, 6) is -2.48. The maximum Gasteiger partial charge on any atom is 0.335 e. The minimum atomic E-state index is -1.91. The maximum absolute atomic E-state index is 14.6. The molecule has 16 heteroatoms. The van der Waals surface area contributed by atoms with E-state index in [0.29, 0.717) is 38.5 Å². The molecule has 16 nitrogen and oxygen atoms in total. The summed E-state index contributed by atoms with van der Waals surface area (Å²) in [6.07, 6.45) is -11.5. The minimum Gasteiger partial charge on any atom is -0.479 e. The van der Waals surface area contributed by atoms with E-state index in [-0.39, 0.29) is 40.4 Å². The van der Waals surface area contributed by atoms with Crippen molar-refractivity contribution in [1.29, 1.82) is 0 Å². The number of carboxylic acid groups (broad SMARTS) is 1. The molecule has 0 spiro atoms. The third kappa shape index (κ3) is 6.37. The number of carboxylic acids is 1. The van der Waals surface area contributed by atoms with Crippen LogP contribution in [-0.4, -0.2) is 150 Å². The summed E-state index contributed by atoms with van der Waals surface area (Å²) < 4.78 is 23.2. The van der Waals surface area contributed by atoms with E-state index in [0.717, 1.165) is 12.8 Å². The molecule has 2 saturated heterocycles. The van der Waals surface area contributed by atoms with E-state index in [1.807, 2.05) is 6.92 Å². The van der Waals surface area contributed by atoms with Crippen molar-refractivity contribution in [3.63, 3.8) is 0 Å². The lowest BCUT2D eigenvalue weighted by atomic mass is 9.33. The summed E-state index contributed by atoms with van der Waals surface area (Å²) >= 11 is 0. The Labute approximate surface area is 339 Å². The highest BCUT2D eigenvalue weighted by Crippen LogP contribution is 2.76. The monoisotopic (exact) mass is 826 g/mol. The number of hydrogen-bond donors (Lipinski definition) is 10. The zero-order chi connectivity index (χ0) is 42.7. The SMILES string of the molecule is CC1(C)CC[C@]2(C(=O)O[C@@H]3O[C@H](CO)[C@@H](O)[C@H](O)[C@H]3O)CC[C@]3(C)C(=CCC4[C@@]5(C)C[C@H](O)[C@H](O[C@@H]6O[C@H](C(=O)O)[C@@H](O)[C@H](O)[C@H]6O)[C@@](C)(CO)C5CC[C@]43C)C2C1. The summed E-state index contributed by atoms with van der Waals surface area (Å²) in [6.45, 7) is 12.0. The van der Waals surface area contributed by atoms with Crippen LogP contribution in [0.4, 0.5) is 0 Å². The molecule has 7 rings (SSSR count). The molecule has 7 aliphatic rings. The molecule has 0 bridgehead atoms. The lowest BCUT2D eigenvalue weighted by Crippen LogP contribution is -2.69. The molecule has 4 saturated carbocycles. The first kappa shape index (κ1) is 44.3. The van der Waals surface area contributed by atoms with Crippen LogP contribution >= 0.6 is 0 Å². The third-order valence-corrected chi connectivity index (χ3v) is 17.3. The summed E-state index contributed by atoms with van der Waals surface area (Å²) in [5, 5.41) is 106. The number of ether oxygens (including phenoxy) is 4. The number of aliphatic hydroxyl groups excluding tert-OH is 9. The molecule has 330 valence electrons. The Kier molecular flexibility index (Phi) is 11.4. The molecule has 10 N–H and O–H groups in total. The van der Waals surface area contributed by atoms with E-state index in [2.05, 4.69) is 40.7 Å². The lowest BCUT2D eigenvalue weighted by molar-refractivity contribution is -0.340. The van der Waals surface area contributed by atoms with Gasteiger partial charge in [0.15, 0.2) is 12.4 Å². The van der Waals surface area contributed by atoms with Crippen molar-refractivity contribution in [3.05, 3.63) is 11.6 Å². The van der Waals surface area contributed by atoms with Gasteiger partial charge in [-0.15, -0.1) is 0 Å². The Morgan fingerprint density at radius 1 is 0.759 bits per heavy atom. The number of allylic oxidation sites excluding steroid dienone is 2. The van der Waals surface area contributed by atoms with E-state index in [9.17, 15) is 60.7 Å². The van der Waals surface area contributed by atoms with Gasteiger partial charge in [-0.2, -0.15) is 0 Å². The van der Waals surface area contributed by atoms with Crippen molar-refractivity contribution in [2.75, 3.05) is 13.2 Å². The van der Waals surface area contributed by atoms with Gasteiger partial charge in [-0.3, -0.25) is 4.79 Å². The molecular formula is C42H66O16. The molecule has 0 radical (unpaired) electrons. The van der Waals surface area contributed by atoms with Gasteiger partial charge in [-0.1, -0.05) is 53.2 Å². The van der Waals surface area contributed by atoms with Crippen molar-refractivity contribution in [1.82, 2.24) is 0 Å². The number of aliphatic hydroxyl groups is 9. The zero-order valence-electron chi connectivity index (χ0n) is 34.4. The molecule has 3 unspecified atom stereocenters. The summed E-state index contributed by atoms with van der Waals surface area (Å²) in [7, 11) is 0. The second-order valence-electron chi connectivity index (χ2n) is 20.7. The standard InChI is InChI=1S/C42H66O16/c1-37(2)11-13-42(36(54)58-34-29(50)26(47)25(46)22(17-43)55-34)14-12-40(5)19(20(42)15-37)7-8-24-38(3)16-21(45)32(39(4,18-44)23(38)9-10-41(24,40)6)57-35-30(51)27(48)28(49)31(56-35)33(52)53/h7,20-32,34-35,43-51H,8-18H2,1-6H3,(H,52,53)/t20?,21-,22+,23?,24?,25+,26-,27-,28-,29+,30+,31-,32-,34-,35-,38-,39-,40+,41+,42-/m0/s1. The number of aliphatic carboxylic acids is 1. The van der Waals surface area contributed by atoms with Crippen LogP contribution in [0, 0.1) is 50.2 Å². The zero-order valence-corrected chi connectivity index (χ0v) is 34.4. The number of carbonyl (C=O) groups is 2. The van der Waals surface area contributed by atoms with Gasteiger partial charge in [0.25, 0.3) is 0 Å². The summed E-state index contributed by atoms with van der Waals surface area (Å²) in [5.41, 5.74) is -2.19. The van der Waals surface area contributed by atoms with Crippen molar-refractivity contribution in [3.8, 4) is 0 Å². The number of esters is 1. The fourth-order valence-corrected chi connectivity index (χ4v) is 13.7. The van der Waals surface area contributed by atoms with Crippen LogP contribution in [0.25, 0.3) is 0 Å². The minimum absolute atomic E-state index is 0.0176. The number of fused-ring (bicyclic) bond motifs is 7. The largest absolute Gasteiger partial charge is 0.479 e. The quantitative estimate of drug-likeness (QED) is 0.0943. The van der Waals surface area contributed by atoms with Gasteiger partial charge in [-0.05, 0) is 97.2 Å². The highest BCUT2D eigenvalue weighted by atomic mass is 16.7. The van der Waals surface area contributed by atoms with Crippen LogP contribution in [0.5, 0.6) is 0 Å². The molecule has 0 aromatic heterocycles. The average Bonchev–Trinajstić information content (AvgIpc) is 3.16. The lowest BCUT2D eigenvalue weighted by Gasteiger charge is -2.71. The van der Waals surface area contributed by atoms with Gasteiger partial charge in [0, 0.05) is 5.41 Å². The van der Waals surface area contributed by atoms with E-state index in [4.69, 9.17) is 18.9 Å². The van der Waals surface area contributed by atoms with Gasteiger partial charge < -0.3 is 70.0 Å². The fraction of sp³-hybridized carbons (Fsp3) is 0.905. The van der Waals surface area contributed by atoms with Crippen LogP contribution in [0.1, 0.15) is 99.3 Å². The predicted molar refractivity (Wildman–Crippen MR) is 201 cm³/mol. The second kappa shape index (κ2) is 14.9. The van der Waals surface area contributed by atoms with E-state index >= 15 is 0 Å². The molecule has 0 aromatic rings. The number of hydrogen-bond acceptors (Lipinski definition) is 15. The van der Waals surface area contributed by atoms with Gasteiger partial charge in [-0.25, -0.2) is 4.79 Å². The van der Waals surface area contributed by atoms with Crippen molar-refractivity contribution >= 4 is 11.9 Å². The van der Waals surface area contributed by atoms with Crippen LogP contribution in [0.15, 0.2) is 11.6 Å². The number of carbonyl (C=O) groups excluding carboxylic acids is 1. The van der Waals surface area contributed by atoms with Gasteiger partial charge >= 0.3 is 11.9 Å². The molecule has 58 heavy (non-hydrogen) atoms. The Morgan fingerprint density at radius 2 is 1.40 bits per heavy atom. The first-order valence-corrected chi connectivity index (χ1v) is 21.1. The van der Waals surface area contributed by atoms with Crippen LogP contribution in [0.3, 0.4) is 0 Å². The highest BCUT2D eigenvalue weighted by molar-refractivity contribution is 5.79. The average molecular weight is 827 g/mol. The highest BCUT2D eigenvalue weighted by Gasteiger charge is 2.71. The molecular weight excluding hydrogens is 760 g/mol. The molecule has 0 amide bonds. The molecule has 5 aliphatic carbocycles. The predicted octanol–water partition coefficient (Wildman–Crippen LogP) is 0.352. The topological polar surface area (TPSA) is 273 Å².